The number of H-pyrrole nitrogens is 1. The van der Waals surface area contributed by atoms with E-state index in [2.05, 4.69) is 10.3 Å². The van der Waals surface area contributed by atoms with E-state index in [1.807, 2.05) is 42.5 Å². The molecule has 0 saturated carbocycles. The van der Waals surface area contributed by atoms with Gasteiger partial charge in [0.1, 0.15) is 23.9 Å². The van der Waals surface area contributed by atoms with Crippen LogP contribution in [0.15, 0.2) is 48.7 Å². The topological polar surface area (TPSA) is 72.6 Å². The third-order valence-corrected chi connectivity index (χ3v) is 3.85. The van der Waals surface area contributed by atoms with Crippen LogP contribution < -0.4 is 19.5 Å². The van der Waals surface area contributed by atoms with Crippen molar-refractivity contribution in [2.45, 2.75) is 0 Å². The zero-order chi connectivity index (χ0) is 17.6. The highest BCUT2D eigenvalue weighted by atomic mass is 16.5. The largest absolute Gasteiger partial charge is 0.497 e. The number of fused-ring (bicyclic) bond motifs is 1. The van der Waals surface area contributed by atoms with E-state index >= 15 is 0 Å². The van der Waals surface area contributed by atoms with Crippen LogP contribution in [0.25, 0.3) is 10.9 Å². The van der Waals surface area contributed by atoms with Crippen LogP contribution in [0.5, 0.6) is 17.2 Å². The fraction of sp³-hybridized carbons (Fsp3) is 0.211. The number of carbonyl (C=O) groups is 1. The molecule has 0 aliphatic rings. The fourth-order valence-corrected chi connectivity index (χ4v) is 2.52. The lowest BCUT2D eigenvalue weighted by Crippen LogP contribution is -2.27. The standard InChI is InChI=1S/C19H20N2O4/c1-23-13-3-5-14(6-4-13)25-10-9-20-19(22)17-12-21-18-8-7-15(24-2)11-16(17)18/h3-8,11-12,21H,9-10H2,1-2H3,(H,20,22). The number of aromatic amines is 1. The number of carbonyl (C=O) groups excluding carboxylic acids is 1. The third kappa shape index (κ3) is 3.85. The minimum atomic E-state index is -0.155. The fourth-order valence-electron chi connectivity index (χ4n) is 2.52. The van der Waals surface area contributed by atoms with Gasteiger partial charge in [0.25, 0.3) is 5.91 Å². The van der Waals surface area contributed by atoms with Crippen LogP contribution in [0.4, 0.5) is 0 Å². The third-order valence-electron chi connectivity index (χ3n) is 3.85. The van der Waals surface area contributed by atoms with Gasteiger partial charge in [-0.3, -0.25) is 4.79 Å². The second kappa shape index (κ2) is 7.61. The molecule has 0 aliphatic carbocycles. The Hall–Kier alpha value is -3.15. The first-order valence-electron chi connectivity index (χ1n) is 7.91. The summed E-state index contributed by atoms with van der Waals surface area (Å²) in [6.07, 6.45) is 1.70. The molecule has 0 spiro atoms. The van der Waals surface area contributed by atoms with Crippen molar-refractivity contribution in [1.29, 1.82) is 0 Å². The van der Waals surface area contributed by atoms with Crippen molar-refractivity contribution in [3.8, 4) is 17.2 Å². The molecule has 0 aliphatic heterocycles. The van der Waals surface area contributed by atoms with E-state index in [1.54, 1.807) is 20.4 Å². The molecule has 0 atom stereocenters. The van der Waals surface area contributed by atoms with Crippen LogP contribution in [0.1, 0.15) is 10.4 Å². The molecule has 0 unspecified atom stereocenters. The first-order valence-corrected chi connectivity index (χ1v) is 7.91. The smallest absolute Gasteiger partial charge is 0.253 e. The molecule has 2 aromatic carbocycles. The van der Waals surface area contributed by atoms with Gasteiger partial charge in [-0.15, -0.1) is 0 Å². The Kier molecular flexibility index (Phi) is 5.09. The van der Waals surface area contributed by atoms with Crippen LogP contribution in [0, 0.1) is 0 Å². The van der Waals surface area contributed by atoms with E-state index in [0.29, 0.717) is 24.5 Å². The van der Waals surface area contributed by atoms with E-state index < -0.39 is 0 Å². The average molecular weight is 340 g/mol. The Balaban J connectivity index is 1.55. The monoisotopic (exact) mass is 340 g/mol. The maximum atomic E-state index is 12.4. The molecular formula is C19H20N2O4. The number of methoxy groups -OCH3 is 2. The summed E-state index contributed by atoms with van der Waals surface area (Å²) >= 11 is 0. The van der Waals surface area contributed by atoms with E-state index in [4.69, 9.17) is 14.2 Å². The molecule has 0 radical (unpaired) electrons. The van der Waals surface area contributed by atoms with Gasteiger partial charge in [-0.25, -0.2) is 0 Å². The summed E-state index contributed by atoms with van der Waals surface area (Å²) in [4.78, 5) is 15.5. The minimum absolute atomic E-state index is 0.155. The second-order valence-corrected chi connectivity index (χ2v) is 5.39. The summed E-state index contributed by atoms with van der Waals surface area (Å²) < 4.78 is 15.9. The van der Waals surface area contributed by atoms with Gasteiger partial charge in [-0.1, -0.05) is 0 Å². The highest BCUT2D eigenvalue weighted by Gasteiger charge is 2.12. The van der Waals surface area contributed by atoms with E-state index in [1.165, 1.54) is 0 Å². The highest BCUT2D eigenvalue weighted by molar-refractivity contribution is 6.07. The number of aromatic nitrogens is 1. The molecule has 1 amide bonds. The molecule has 6 nitrogen and oxygen atoms in total. The molecular weight excluding hydrogens is 320 g/mol. The summed E-state index contributed by atoms with van der Waals surface area (Å²) in [6, 6.07) is 12.9. The number of benzene rings is 2. The molecule has 0 fully saturated rings. The molecule has 130 valence electrons. The second-order valence-electron chi connectivity index (χ2n) is 5.39. The van der Waals surface area contributed by atoms with Gasteiger partial charge in [0.15, 0.2) is 0 Å². The van der Waals surface area contributed by atoms with Gasteiger partial charge in [0.2, 0.25) is 0 Å². The maximum Gasteiger partial charge on any atom is 0.253 e. The van der Waals surface area contributed by atoms with Crippen LogP contribution >= 0.6 is 0 Å². The van der Waals surface area contributed by atoms with E-state index in [0.717, 1.165) is 22.4 Å². The molecule has 3 rings (SSSR count). The summed E-state index contributed by atoms with van der Waals surface area (Å²) in [5, 5.41) is 3.68. The van der Waals surface area contributed by atoms with E-state index in [-0.39, 0.29) is 5.91 Å². The van der Waals surface area contributed by atoms with Crippen molar-refractivity contribution in [3.05, 3.63) is 54.2 Å². The van der Waals surface area contributed by atoms with Gasteiger partial charge in [0.05, 0.1) is 26.3 Å². The Morgan fingerprint density at radius 1 is 1.00 bits per heavy atom. The normalized spacial score (nSPS) is 10.5. The zero-order valence-corrected chi connectivity index (χ0v) is 14.2. The van der Waals surface area contributed by atoms with Crippen molar-refractivity contribution in [2.24, 2.45) is 0 Å². The molecule has 3 aromatic rings. The van der Waals surface area contributed by atoms with Crippen molar-refractivity contribution >= 4 is 16.8 Å². The summed E-state index contributed by atoms with van der Waals surface area (Å²) in [5.41, 5.74) is 1.47. The van der Waals surface area contributed by atoms with Crippen LogP contribution in [-0.2, 0) is 0 Å². The molecule has 0 saturated heterocycles. The lowest BCUT2D eigenvalue weighted by molar-refractivity contribution is 0.0948. The predicted molar refractivity (Wildman–Crippen MR) is 95.7 cm³/mol. The maximum absolute atomic E-state index is 12.4. The van der Waals surface area contributed by atoms with Crippen LogP contribution in [-0.4, -0.2) is 38.3 Å². The first kappa shape index (κ1) is 16.7. The van der Waals surface area contributed by atoms with Crippen molar-refractivity contribution < 1.29 is 19.0 Å². The number of amides is 1. The lowest BCUT2D eigenvalue weighted by Gasteiger charge is -2.08. The lowest BCUT2D eigenvalue weighted by atomic mass is 10.1. The number of ether oxygens (including phenoxy) is 3. The highest BCUT2D eigenvalue weighted by Crippen LogP contribution is 2.23. The van der Waals surface area contributed by atoms with Gasteiger partial charge in [-0.2, -0.15) is 0 Å². The van der Waals surface area contributed by atoms with Crippen molar-refractivity contribution in [3.63, 3.8) is 0 Å². The Labute approximate surface area is 145 Å². The summed E-state index contributed by atoms with van der Waals surface area (Å²) in [5.74, 6) is 2.06. The molecule has 2 N–H and O–H groups in total. The average Bonchev–Trinajstić information content (AvgIpc) is 3.08. The quantitative estimate of drug-likeness (QED) is 0.649. The Morgan fingerprint density at radius 3 is 2.40 bits per heavy atom. The Morgan fingerprint density at radius 2 is 1.68 bits per heavy atom. The van der Waals surface area contributed by atoms with Crippen molar-refractivity contribution in [1.82, 2.24) is 10.3 Å². The molecule has 6 heteroatoms. The van der Waals surface area contributed by atoms with Gasteiger partial charge < -0.3 is 24.5 Å². The van der Waals surface area contributed by atoms with Gasteiger partial charge >= 0.3 is 0 Å². The predicted octanol–water partition coefficient (Wildman–Crippen LogP) is 2.99. The summed E-state index contributed by atoms with van der Waals surface area (Å²) in [6.45, 7) is 0.783. The first-order chi connectivity index (χ1) is 12.2. The number of nitrogens with one attached hydrogen (secondary N) is 2. The molecule has 1 heterocycles. The van der Waals surface area contributed by atoms with Crippen molar-refractivity contribution in [2.75, 3.05) is 27.4 Å². The van der Waals surface area contributed by atoms with E-state index in [9.17, 15) is 4.79 Å². The molecule has 1 aromatic heterocycles. The number of rotatable bonds is 7. The minimum Gasteiger partial charge on any atom is -0.497 e. The SMILES string of the molecule is COc1ccc(OCCNC(=O)c2c[nH]c3ccc(OC)cc23)cc1. The van der Waals surface area contributed by atoms with Crippen LogP contribution in [0.2, 0.25) is 0 Å². The molecule has 25 heavy (non-hydrogen) atoms. The van der Waals surface area contributed by atoms with Gasteiger partial charge in [0, 0.05) is 17.1 Å². The van der Waals surface area contributed by atoms with Gasteiger partial charge in [-0.05, 0) is 42.5 Å². The molecule has 0 bridgehead atoms. The number of hydrogen-bond acceptors (Lipinski definition) is 4. The Bertz CT molecular complexity index is 855. The van der Waals surface area contributed by atoms with Crippen LogP contribution in [0.3, 0.4) is 0 Å². The number of hydrogen-bond donors (Lipinski definition) is 2. The zero-order valence-electron chi connectivity index (χ0n) is 14.2. The summed E-state index contributed by atoms with van der Waals surface area (Å²) in [7, 11) is 3.22.